The molecule has 0 aliphatic carbocycles. The summed E-state index contributed by atoms with van der Waals surface area (Å²) >= 11 is 0. The SMILES string of the molecule is CCC1(C)C(=O)NN=C1c1ccc(OC)c(OC)c1. The number of carbonyl (C=O) groups excluding carboxylic acids is 1. The topological polar surface area (TPSA) is 59.9 Å². The zero-order valence-electron chi connectivity index (χ0n) is 11.6. The summed E-state index contributed by atoms with van der Waals surface area (Å²) in [5.41, 5.74) is 3.55. The average Bonchev–Trinajstić information content (AvgIpc) is 2.75. The molecular weight excluding hydrogens is 244 g/mol. The van der Waals surface area contributed by atoms with Crippen molar-refractivity contribution in [3.63, 3.8) is 0 Å². The molecule has 1 N–H and O–H groups in total. The van der Waals surface area contributed by atoms with Crippen LogP contribution in [-0.4, -0.2) is 25.8 Å². The van der Waals surface area contributed by atoms with Gasteiger partial charge in [0.15, 0.2) is 11.5 Å². The molecule has 1 heterocycles. The van der Waals surface area contributed by atoms with Gasteiger partial charge in [-0.1, -0.05) is 6.92 Å². The van der Waals surface area contributed by atoms with E-state index >= 15 is 0 Å². The lowest BCUT2D eigenvalue weighted by atomic mass is 9.79. The molecule has 1 aromatic rings. The van der Waals surface area contributed by atoms with Crippen LogP contribution >= 0.6 is 0 Å². The Labute approximate surface area is 112 Å². The molecule has 2 rings (SSSR count). The molecular formula is C14H18N2O3. The second-order valence-electron chi connectivity index (χ2n) is 4.66. The number of hydrazone groups is 1. The van der Waals surface area contributed by atoms with Crippen LogP contribution in [0.15, 0.2) is 23.3 Å². The molecule has 0 saturated heterocycles. The average molecular weight is 262 g/mol. The summed E-state index contributed by atoms with van der Waals surface area (Å²) in [6, 6.07) is 5.54. The predicted octanol–water partition coefficient (Wildman–Crippen LogP) is 1.95. The van der Waals surface area contributed by atoms with Crippen molar-refractivity contribution in [3.8, 4) is 11.5 Å². The minimum Gasteiger partial charge on any atom is -0.493 e. The maximum absolute atomic E-state index is 11.9. The Balaban J connectivity index is 2.46. The first kappa shape index (κ1) is 13.4. The van der Waals surface area contributed by atoms with E-state index in [-0.39, 0.29) is 5.91 Å². The zero-order valence-corrected chi connectivity index (χ0v) is 11.6. The van der Waals surface area contributed by atoms with Crippen molar-refractivity contribution in [1.29, 1.82) is 0 Å². The minimum atomic E-state index is -0.598. The molecule has 0 fully saturated rings. The molecule has 1 unspecified atom stereocenters. The number of rotatable bonds is 4. The van der Waals surface area contributed by atoms with Crippen LogP contribution in [0.1, 0.15) is 25.8 Å². The molecule has 0 bridgehead atoms. The fraction of sp³-hybridized carbons (Fsp3) is 0.429. The van der Waals surface area contributed by atoms with Gasteiger partial charge in [0.2, 0.25) is 0 Å². The van der Waals surface area contributed by atoms with E-state index in [1.54, 1.807) is 14.2 Å². The number of hydrogen-bond donors (Lipinski definition) is 1. The number of benzene rings is 1. The summed E-state index contributed by atoms with van der Waals surface area (Å²) in [6.07, 6.45) is 0.687. The Bertz CT molecular complexity index is 539. The summed E-state index contributed by atoms with van der Waals surface area (Å²) in [6.45, 7) is 3.87. The molecule has 1 aliphatic heterocycles. The Morgan fingerprint density at radius 2 is 1.95 bits per heavy atom. The van der Waals surface area contributed by atoms with Crippen molar-refractivity contribution < 1.29 is 14.3 Å². The first-order chi connectivity index (χ1) is 9.06. The third kappa shape index (κ3) is 2.05. The van der Waals surface area contributed by atoms with E-state index in [2.05, 4.69) is 10.5 Å². The van der Waals surface area contributed by atoms with Gasteiger partial charge in [0.25, 0.3) is 5.91 Å². The van der Waals surface area contributed by atoms with E-state index in [0.717, 1.165) is 11.3 Å². The molecule has 1 aliphatic rings. The summed E-state index contributed by atoms with van der Waals surface area (Å²) in [5.74, 6) is 1.21. The van der Waals surface area contributed by atoms with Gasteiger partial charge in [-0.25, -0.2) is 5.43 Å². The molecule has 19 heavy (non-hydrogen) atoms. The molecule has 1 atom stereocenters. The quantitative estimate of drug-likeness (QED) is 0.902. The van der Waals surface area contributed by atoms with Gasteiger partial charge >= 0.3 is 0 Å². The van der Waals surface area contributed by atoms with E-state index in [0.29, 0.717) is 17.9 Å². The van der Waals surface area contributed by atoms with Gasteiger partial charge in [-0.2, -0.15) is 5.10 Å². The van der Waals surface area contributed by atoms with Crippen LogP contribution in [0.3, 0.4) is 0 Å². The highest BCUT2D eigenvalue weighted by atomic mass is 16.5. The van der Waals surface area contributed by atoms with Gasteiger partial charge in [0.05, 0.1) is 25.3 Å². The Kier molecular flexibility index (Phi) is 3.46. The van der Waals surface area contributed by atoms with Crippen molar-refractivity contribution in [1.82, 2.24) is 5.43 Å². The van der Waals surface area contributed by atoms with Gasteiger partial charge in [-0.05, 0) is 31.5 Å². The van der Waals surface area contributed by atoms with Gasteiger partial charge in [0.1, 0.15) is 0 Å². The first-order valence-electron chi connectivity index (χ1n) is 6.17. The minimum absolute atomic E-state index is 0.0696. The lowest BCUT2D eigenvalue weighted by Gasteiger charge is -2.21. The number of ether oxygens (including phenoxy) is 2. The van der Waals surface area contributed by atoms with Crippen LogP contribution in [0.2, 0.25) is 0 Å². The molecule has 5 heteroatoms. The molecule has 1 aromatic carbocycles. The van der Waals surface area contributed by atoms with Crippen molar-refractivity contribution in [3.05, 3.63) is 23.8 Å². The Morgan fingerprint density at radius 3 is 2.53 bits per heavy atom. The van der Waals surface area contributed by atoms with Crippen LogP contribution in [0.25, 0.3) is 0 Å². The number of nitrogens with zero attached hydrogens (tertiary/aromatic N) is 1. The summed E-state index contributed by atoms with van der Waals surface area (Å²) in [4.78, 5) is 11.9. The third-order valence-corrected chi connectivity index (χ3v) is 3.66. The molecule has 0 spiro atoms. The number of carbonyl (C=O) groups is 1. The highest BCUT2D eigenvalue weighted by Crippen LogP contribution is 2.34. The number of hydrogen-bond acceptors (Lipinski definition) is 4. The second-order valence-corrected chi connectivity index (χ2v) is 4.66. The summed E-state index contributed by atoms with van der Waals surface area (Å²) in [5, 5.41) is 4.16. The van der Waals surface area contributed by atoms with Crippen molar-refractivity contribution in [2.75, 3.05) is 14.2 Å². The van der Waals surface area contributed by atoms with E-state index in [1.807, 2.05) is 32.0 Å². The number of nitrogens with one attached hydrogen (secondary N) is 1. The molecule has 0 saturated carbocycles. The van der Waals surface area contributed by atoms with E-state index in [1.165, 1.54) is 0 Å². The fourth-order valence-electron chi connectivity index (χ4n) is 2.16. The molecule has 5 nitrogen and oxygen atoms in total. The summed E-state index contributed by atoms with van der Waals surface area (Å²) in [7, 11) is 3.17. The smallest absolute Gasteiger partial charge is 0.252 e. The van der Waals surface area contributed by atoms with Gasteiger partial charge in [-0.15, -0.1) is 0 Å². The number of methoxy groups -OCH3 is 2. The van der Waals surface area contributed by atoms with E-state index in [9.17, 15) is 4.79 Å². The normalized spacial score (nSPS) is 21.9. The highest BCUT2D eigenvalue weighted by molar-refractivity contribution is 6.19. The van der Waals surface area contributed by atoms with Crippen molar-refractivity contribution in [2.24, 2.45) is 10.5 Å². The van der Waals surface area contributed by atoms with Gasteiger partial charge in [0, 0.05) is 5.56 Å². The zero-order chi connectivity index (χ0) is 14.0. The second kappa shape index (κ2) is 4.91. The molecule has 0 radical (unpaired) electrons. The summed E-state index contributed by atoms with van der Waals surface area (Å²) < 4.78 is 10.5. The van der Waals surface area contributed by atoms with Gasteiger partial charge in [-0.3, -0.25) is 4.79 Å². The van der Waals surface area contributed by atoms with Crippen LogP contribution in [0.5, 0.6) is 11.5 Å². The molecule has 102 valence electrons. The van der Waals surface area contributed by atoms with Crippen molar-refractivity contribution >= 4 is 11.6 Å². The maximum atomic E-state index is 11.9. The first-order valence-corrected chi connectivity index (χ1v) is 6.17. The van der Waals surface area contributed by atoms with Crippen LogP contribution in [0.4, 0.5) is 0 Å². The standard InChI is InChI=1S/C14H18N2O3/c1-5-14(2)12(15-16-13(14)17)9-6-7-10(18-3)11(8-9)19-4/h6-8H,5H2,1-4H3,(H,16,17). The molecule has 1 amide bonds. The highest BCUT2D eigenvalue weighted by Gasteiger charge is 2.42. The maximum Gasteiger partial charge on any atom is 0.252 e. The lowest BCUT2D eigenvalue weighted by molar-refractivity contribution is -0.125. The Morgan fingerprint density at radius 1 is 1.26 bits per heavy atom. The lowest BCUT2D eigenvalue weighted by Crippen LogP contribution is -2.35. The van der Waals surface area contributed by atoms with Crippen LogP contribution in [0, 0.1) is 5.41 Å². The van der Waals surface area contributed by atoms with Crippen LogP contribution < -0.4 is 14.9 Å². The van der Waals surface area contributed by atoms with Gasteiger partial charge < -0.3 is 9.47 Å². The monoisotopic (exact) mass is 262 g/mol. The number of amides is 1. The largest absolute Gasteiger partial charge is 0.493 e. The van der Waals surface area contributed by atoms with E-state index in [4.69, 9.17) is 9.47 Å². The van der Waals surface area contributed by atoms with Crippen molar-refractivity contribution in [2.45, 2.75) is 20.3 Å². The Hall–Kier alpha value is -2.04. The van der Waals surface area contributed by atoms with E-state index < -0.39 is 5.41 Å². The predicted molar refractivity (Wildman–Crippen MR) is 72.6 cm³/mol. The third-order valence-electron chi connectivity index (χ3n) is 3.66. The van der Waals surface area contributed by atoms with Crippen LogP contribution in [-0.2, 0) is 4.79 Å². The fourth-order valence-corrected chi connectivity index (χ4v) is 2.16. The molecule has 0 aromatic heterocycles.